The number of rotatable bonds is 6. The molecule has 9 nitrogen and oxygen atoms in total. The standard InChI is InChI=1S/C11H11N5O4S/c12-5-10-14-15-11(21-10)13-9(17)6-20-8-4-2-1-3-7(8)16(18)19/h1-4H,5-6,12H2,(H,13,15,17). The molecule has 0 radical (unpaired) electrons. The van der Waals surface area contributed by atoms with Gasteiger partial charge in [0.2, 0.25) is 5.13 Å². The van der Waals surface area contributed by atoms with Crippen LogP contribution in [0.5, 0.6) is 5.75 Å². The number of hydrogen-bond donors (Lipinski definition) is 2. The molecule has 1 amide bonds. The zero-order chi connectivity index (χ0) is 15.2. The second-order valence-corrected chi connectivity index (χ2v) is 4.83. The molecule has 0 aliphatic heterocycles. The lowest BCUT2D eigenvalue weighted by Crippen LogP contribution is -2.20. The summed E-state index contributed by atoms with van der Waals surface area (Å²) in [6.45, 7) is -0.136. The Labute approximate surface area is 122 Å². The van der Waals surface area contributed by atoms with Gasteiger partial charge in [0.1, 0.15) is 5.01 Å². The molecule has 110 valence electrons. The van der Waals surface area contributed by atoms with E-state index in [1.54, 1.807) is 6.07 Å². The first-order chi connectivity index (χ1) is 10.1. The monoisotopic (exact) mass is 309 g/mol. The second kappa shape index (κ2) is 6.72. The Morgan fingerprint density at radius 1 is 1.43 bits per heavy atom. The van der Waals surface area contributed by atoms with Crippen molar-refractivity contribution in [2.45, 2.75) is 6.54 Å². The van der Waals surface area contributed by atoms with E-state index in [0.717, 1.165) is 11.3 Å². The van der Waals surface area contributed by atoms with E-state index in [-0.39, 0.29) is 24.6 Å². The van der Waals surface area contributed by atoms with E-state index in [1.807, 2.05) is 0 Å². The second-order valence-electron chi connectivity index (χ2n) is 3.77. The number of nitro groups is 1. The summed E-state index contributed by atoms with van der Waals surface area (Å²) in [5.74, 6) is -0.467. The Kier molecular flexibility index (Phi) is 4.74. The predicted octanol–water partition coefficient (Wildman–Crippen LogP) is 0.922. The SMILES string of the molecule is NCc1nnc(NC(=O)COc2ccccc2[N+](=O)[O-])s1. The Bertz CT molecular complexity index is 660. The van der Waals surface area contributed by atoms with Crippen LogP contribution in [0.2, 0.25) is 0 Å². The largest absolute Gasteiger partial charge is 0.477 e. The molecule has 10 heteroatoms. The zero-order valence-corrected chi connectivity index (χ0v) is 11.5. The number of nitrogens with zero attached hydrogens (tertiary/aromatic N) is 3. The van der Waals surface area contributed by atoms with Gasteiger partial charge in [-0.15, -0.1) is 10.2 Å². The van der Waals surface area contributed by atoms with Crippen LogP contribution in [0.3, 0.4) is 0 Å². The summed E-state index contributed by atoms with van der Waals surface area (Å²) in [5.41, 5.74) is 5.18. The quantitative estimate of drug-likeness (QED) is 0.598. The van der Waals surface area contributed by atoms with E-state index in [9.17, 15) is 14.9 Å². The van der Waals surface area contributed by atoms with Crippen molar-refractivity contribution >= 4 is 28.1 Å². The average Bonchev–Trinajstić information content (AvgIpc) is 2.93. The van der Waals surface area contributed by atoms with Crippen LogP contribution < -0.4 is 15.8 Å². The van der Waals surface area contributed by atoms with Crippen molar-refractivity contribution in [1.29, 1.82) is 0 Å². The highest BCUT2D eigenvalue weighted by Crippen LogP contribution is 2.25. The summed E-state index contributed by atoms with van der Waals surface area (Å²) >= 11 is 1.15. The van der Waals surface area contributed by atoms with Gasteiger partial charge in [-0.2, -0.15) is 0 Å². The van der Waals surface area contributed by atoms with E-state index in [1.165, 1.54) is 18.2 Å². The summed E-state index contributed by atoms with van der Waals surface area (Å²) in [6, 6.07) is 5.81. The number of para-hydroxylation sites is 2. The van der Waals surface area contributed by atoms with E-state index >= 15 is 0 Å². The van der Waals surface area contributed by atoms with Crippen LogP contribution in [0, 0.1) is 10.1 Å². The van der Waals surface area contributed by atoms with E-state index in [2.05, 4.69) is 15.5 Å². The first-order valence-corrected chi connectivity index (χ1v) is 6.60. The molecule has 2 rings (SSSR count). The van der Waals surface area contributed by atoms with Crippen molar-refractivity contribution in [3.05, 3.63) is 39.4 Å². The van der Waals surface area contributed by atoms with Gasteiger partial charge in [-0.05, 0) is 6.07 Å². The van der Waals surface area contributed by atoms with E-state index in [4.69, 9.17) is 10.5 Å². The van der Waals surface area contributed by atoms with Crippen molar-refractivity contribution in [2.24, 2.45) is 5.73 Å². The van der Waals surface area contributed by atoms with Crippen LogP contribution >= 0.6 is 11.3 Å². The van der Waals surface area contributed by atoms with Crippen LogP contribution in [0.15, 0.2) is 24.3 Å². The number of hydrogen-bond acceptors (Lipinski definition) is 8. The van der Waals surface area contributed by atoms with E-state index < -0.39 is 10.8 Å². The van der Waals surface area contributed by atoms with Crippen LogP contribution in [-0.2, 0) is 11.3 Å². The Hall–Kier alpha value is -2.59. The molecule has 1 aromatic carbocycles. The van der Waals surface area contributed by atoms with Gasteiger partial charge in [0.15, 0.2) is 12.4 Å². The highest BCUT2D eigenvalue weighted by atomic mass is 32.1. The number of nitro benzene ring substituents is 1. The van der Waals surface area contributed by atoms with Crippen LogP contribution in [0.25, 0.3) is 0 Å². The van der Waals surface area contributed by atoms with Gasteiger partial charge in [0.05, 0.1) is 4.92 Å². The van der Waals surface area contributed by atoms with Crippen molar-refractivity contribution in [3.63, 3.8) is 0 Å². The first kappa shape index (κ1) is 14.8. The van der Waals surface area contributed by atoms with Gasteiger partial charge in [-0.3, -0.25) is 20.2 Å². The van der Waals surface area contributed by atoms with Crippen LogP contribution in [-0.4, -0.2) is 27.6 Å². The molecule has 2 aromatic rings. The molecule has 0 saturated carbocycles. The Balaban J connectivity index is 1.94. The van der Waals surface area contributed by atoms with E-state index in [0.29, 0.717) is 10.1 Å². The van der Waals surface area contributed by atoms with Crippen molar-refractivity contribution in [2.75, 3.05) is 11.9 Å². The number of amides is 1. The van der Waals surface area contributed by atoms with Crippen molar-refractivity contribution in [1.82, 2.24) is 10.2 Å². The topological polar surface area (TPSA) is 133 Å². The van der Waals surface area contributed by atoms with Gasteiger partial charge in [0.25, 0.3) is 5.91 Å². The maximum Gasteiger partial charge on any atom is 0.310 e. The fourth-order valence-electron chi connectivity index (χ4n) is 1.42. The van der Waals surface area contributed by atoms with Gasteiger partial charge in [-0.25, -0.2) is 0 Å². The number of nitrogens with one attached hydrogen (secondary N) is 1. The lowest BCUT2D eigenvalue weighted by Gasteiger charge is -2.05. The molecule has 0 spiro atoms. The summed E-state index contributed by atoms with van der Waals surface area (Å²) < 4.78 is 5.14. The summed E-state index contributed by atoms with van der Waals surface area (Å²) in [7, 11) is 0. The third-order valence-electron chi connectivity index (χ3n) is 2.31. The number of carbonyl (C=O) groups excluding carboxylic acids is 1. The Morgan fingerprint density at radius 2 is 2.19 bits per heavy atom. The van der Waals surface area contributed by atoms with Gasteiger partial charge < -0.3 is 10.5 Å². The molecule has 3 N–H and O–H groups in total. The van der Waals surface area contributed by atoms with Gasteiger partial charge >= 0.3 is 5.69 Å². The number of nitrogens with two attached hydrogens (primary N) is 1. The number of ether oxygens (including phenoxy) is 1. The fraction of sp³-hybridized carbons (Fsp3) is 0.182. The number of carbonyl (C=O) groups is 1. The highest BCUT2D eigenvalue weighted by Gasteiger charge is 2.15. The maximum absolute atomic E-state index is 11.7. The number of anilines is 1. The smallest absolute Gasteiger partial charge is 0.310 e. The predicted molar refractivity (Wildman–Crippen MR) is 75.0 cm³/mol. The molecule has 0 fully saturated rings. The summed E-state index contributed by atoms with van der Waals surface area (Å²) in [6.07, 6.45) is 0. The third-order valence-corrected chi connectivity index (χ3v) is 3.17. The molecule has 0 unspecified atom stereocenters. The lowest BCUT2D eigenvalue weighted by atomic mass is 10.3. The molecule has 0 bridgehead atoms. The zero-order valence-electron chi connectivity index (χ0n) is 10.7. The number of benzene rings is 1. The minimum Gasteiger partial charge on any atom is -0.477 e. The minimum absolute atomic E-state index is 0.0255. The average molecular weight is 309 g/mol. The van der Waals surface area contributed by atoms with Gasteiger partial charge in [0, 0.05) is 12.6 Å². The van der Waals surface area contributed by atoms with Crippen LogP contribution in [0.4, 0.5) is 10.8 Å². The molecule has 1 heterocycles. The molecular formula is C11H11N5O4S. The third kappa shape index (κ3) is 3.94. The normalized spacial score (nSPS) is 10.1. The summed E-state index contributed by atoms with van der Waals surface area (Å²) in [5, 5.41) is 21.6. The van der Waals surface area contributed by atoms with Crippen molar-refractivity contribution < 1.29 is 14.5 Å². The fourth-order valence-corrected chi connectivity index (χ4v) is 2.05. The highest BCUT2D eigenvalue weighted by molar-refractivity contribution is 7.15. The Morgan fingerprint density at radius 3 is 2.86 bits per heavy atom. The molecule has 0 aliphatic rings. The van der Waals surface area contributed by atoms with Crippen LogP contribution in [0.1, 0.15) is 5.01 Å². The molecule has 0 aliphatic carbocycles. The molecule has 21 heavy (non-hydrogen) atoms. The lowest BCUT2D eigenvalue weighted by molar-refractivity contribution is -0.385. The van der Waals surface area contributed by atoms with Gasteiger partial charge in [-0.1, -0.05) is 23.5 Å². The molecule has 1 aromatic heterocycles. The molecule has 0 atom stereocenters. The number of aromatic nitrogens is 2. The van der Waals surface area contributed by atoms with Crippen molar-refractivity contribution in [3.8, 4) is 5.75 Å². The minimum atomic E-state index is -0.578. The maximum atomic E-state index is 11.7. The summed E-state index contributed by atoms with van der Waals surface area (Å²) in [4.78, 5) is 21.9. The molecule has 0 saturated heterocycles. The molecular weight excluding hydrogens is 298 g/mol. The first-order valence-electron chi connectivity index (χ1n) is 5.78.